The maximum Gasteiger partial charge on any atom is 0.227 e. The molecule has 0 unspecified atom stereocenters. The van der Waals surface area contributed by atoms with Gasteiger partial charge < -0.3 is 10.1 Å². The molecule has 3 nitrogen and oxygen atoms in total. The van der Waals surface area contributed by atoms with E-state index in [2.05, 4.69) is 5.32 Å². The number of amides is 1. The first-order valence-electron chi connectivity index (χ1n) is 6.18. The van der Waals surface area contributed by atoms with Crippen LogP contribution in [-0.4, -0.2) is 12.5 Å². The number of carbonyl (C=O) groups excluding carboxylic acids is 1. The van der Waals surface area contributed by atoms with Crippen LogP contribution in [0, 0.1) is 5.82 Å². The molecular weight excluding hydrogens is 316 g/mol. The van der Waals surface area contributed by atoms with E-state index in [1.54, 1.807) is 24.3 Å². The van der Waals surface area contributed by atoms with E-state index in [0.29, 0.717) is 16.5 Å². The van der Waals surface area contributed by atoms with Crippen LogP contribution in [0.3, 0.4) is 0 Å². The molecule has 2 aromatic carbocycles. The lowest BCUT2D eigenvalue weighted by Crippen LogP contribution is -2.15. The van der Waals surface area contributed by atoms with Gasteiger partial charge in [-0.05, 0) is 30.3 Å². The number of rotatable bonds is 5. The summed E-state index contributed by atoms with van der Waals surface area (Å²) in [6.07, 6.45) is 0.139. The summed E-state index contributed by atoms with van der Waals surface area (Å²) in [4.78, 5) is 11.7. The summed E-state index contributed by atoms with van der Waals surface area (Å²) in [6.45, 7) is 0.185. The summed E-state index contributed by atoms with van der Waals surface area (Å²) in [5.41, 5.74) is 0.434. The second-order valence-electron chi connectivity index (χ2n) is 4.21. The molecule has 0 spiro atoms. The van der Waals surface area contributed by atoms with Crippen LogP contribution < -0.4 is 10.1 Å². The number of halogens is 3. The highest BCUT2D eigenvalue weighted by molar-refractivity contribution is 6.32. The van der Waals surface area contributed by atoms with Gasteiger partial charge in [-0.15, -0.1) is 0 Å². The Hall–Kier alpha value is -1.78. The highest BCUT2D eigenvalue weighted by atomic mass is 35.5. The Bertz CT molecular complexity index is 649. The number of ether oxygens (including phenoxy) is 1. The van der Waals surface area contributed by atoms with Crippen LogP contribution in [0.25, 0.3) is 0 Å². The van der Waals surface area contributed by atoms with Crippen LogP contribution in [0.4, 0.5) is 10.1 Å². The van der Waals surface area contributed by atoms with Crippen molar-refractivity contribution < 1.29 is 13.9 Å². The summed E-state index contributed by atoms with van der Waals surface area (Å²) >= 11 is 11.6. The minimum Gasteiger partial charge on any atom is -0.491 e. The van der Waals surface area contributed by atoms with Gasteiger partial charge in [0.15, 0.2) is 0 Å². The van der Waals surface area contributed by atoms with Crippen molar-refractivity contribution >= 4 is 34.8 Å². The monoisotopic (exact) mass is 327 g/mol. The van der Waals surface area contributed by atoms with Crippen LogP contribution in [0.15, 0.2) is 42.5 Å². The van der Waals surface area contributed by atoms with E-state index in [1.165, 1.54) is 18.2 Å². The van der Waals surface area contributed by atoms with E-state index in [0.717, 1.165) is 0 Å². The Balaban J connectivity index is 1.82. The van der Waals surface area contributed by atoms with E-state index in [4.69, 9.17) is 27.9 Å². The Morgan fingerprint density at radius 1 is 1.14 bits per heavy atom. The maximum atomic E-state index is 13.0. The van der Waals surface area contributed by atoms with E-state index in [9.17, 15) is 9.18 Å². The molecule has 2 rings (SSSR count). The molecule has 0 saturated carbocycles. The van der Waals surface area contributed by atoms with E-state index >= 15 is 0 Å². The van der Waals surface area contributed by atoms with Crippen molar-refractivity contribution in [2.75, 3.05) is 11.9 Å². The fourth-order valence-electron chi connectivity index (χ4n) is 1.61. The molecule has 0 radical (unpaired) electrons. The molecule has 0 aromatic heterocycles. The van der Waals surface area contributed by atoms with Gasteiger partial charge in [0.05, 0.1) is 23.1 Å². The number of benzene rings is 2. The summed E-state index contributed by atoms with van der Waals surface area (Å²) in [5.74, 6) is -0.266. The highest BCUT2D eigenvalue weighted by Gasteiger charge is 2.06. The summed E-state index contributed by atoms with van der Waals surface area (Å²) in [7, 11) is 0. The average Bonchev–Trinajstić information content (AvgIpc) is 2.45. The maximum absolute atomic E-state index is 13.0. The molecule has 110 valence electrons. The van der Waals surface area contributed by atoms with Crippen LogP contribution in [-0.2, 0) is 4.79 Å². The first kappa shape index (κ1) is 15.6. The zero-order valence-corrected chi connectivity index (χ0v) is 12.4. The van der Waals surface area contributed by atoms with Gasteiger partial charge in [-0.1, -0.05) is 35.3 Å². The van der Waals surface area contributed by atoms with Crippen molar-refractivity contribution in [3.05, 3.63) is 58.3 Å². The summed E-state index contributed by atoms with van der Waals surface area (Å²) < 4.78 is 18.4. The second kappa shape index (κ2) is 7.29. The standard InChI is InChI=1S/C15H12Cl2FNO2/c16-11-3-1-2-4-14(11)21-8-7-15(20)19-10-5-6-13(18)12(17)9-10/h1-6,9H,7-8H2,(H,19,20). The van der Waals surface area contributed by atoms with Crippen molar-refractivity contribution in [1.29, 1.82) is 0 Å². The molecule has 0 atom stereocenters. The number of para-hydroxylation sites is 1. The fraction of sp³-hybridized carbons (Fsp3) is 0.133. The Morgan fingerprint density at radius 2 is 1.90 bits per heavy atom. The van der Waals surface area contributed by atoms with Crippen LogP contribution in [0.2, 0.25) is 10.0 Å². The summed E-state index contributed by atoms with van der Waals surface area (Å²) in [6, 6.07) is 11.0. The van der Waals surface area contributed by atoms with Crippen molar-refractivity contribution in [1.82, 2.24) is 0 Å². The van der Waals surface area contributed by atoms with E-state index < -0.39 is 5.82 Å². The van der Waals surface area contributed by atoms with Gasteiger partial charge in [0.1, 0.15) is 11.6 Å². The average molecular weight is 328 g/mol. The zero-order valence-electron chi connectivity index (χ0n) is 10.9. The molecule has 1 amide bonds. The van der Waals surface area contributed by atoms with E-state index in [-0.39, 0.29) is 24.0 Å². The minimum atomic E-state index is -0.531. The Morgan fingerprint density at radius 3 is 2.62 bits per heavy atom. The molecule has 0 aliphatic carbocycles. The normalized spacial score (nSPS) is 10.2. The van der Waals surface area contributed by atoms with Gasteiger partial charge in [0, 0.05) is 5.69 Å². The predicted molar refractivity (Wildman–Crippen MR) is 81.6 cm³/mol. The third-order valence-corrected chi connectivity index (χ3v) is 3.23. The molecule has 2 aromatic rings. The first-order valence-corrected chi connectivity index (χ1v) is 6.94. The van der Waals surface area contributed by atoms with Crippen molar-refractivity contribution in [3.8, 4) is 5.75 Å². The largest absolute Gasteiger partial charge is 0.491 e. The SMILES string of the molecule is O=C(CCOc1ccccc1Cl)Nc1ccc(F)c(Cl)c1. The van der Waals surface area contributed by atoms with Gasteiger partial charge >= 0.3 is 0 Å². The Kier molecular flexibility index (Phi) is 5.42. The topological polar surface area (TPSA) is 38.3 Å². The third kappa shape index (κ3) is 4.62. The zero-order chi connectivity index (χ0) is 15.2. The molecule has 0 fully saturated rings. The fourth-order valence-corrected chi connectivity index (χ4v) is 1.98. The van der Waals surface area contributed by atoms with Crippen molar-refractivity contribution in [3.63, 3.8) is 0 Å². The number of hydrogen-bond donors (Lipinski definition) is 1. The lowest BCUT2D eigenvalue weighted by molar-refractivity contribution is -0.116. The smallest absolute Gasteiger partial charge is 0.227 e. The van der Waals surface area contributed by atoms with Crippen LogP contribution in [0.5, 0.6) is 5.75 Å². The van der Waals surface area contributed by atoms with Crippen molar-refractivity contribution in [2.45, 2.75) is 6.42 Å². The van der Waals surface area contributed by atoms with E-state index in [1.807, 2.05) is 0 Å². The molecule has 0 aliphatic rings. The molecule has 0 aliphatic heterocycles. The quantitative estimate of drug-likeness (QED) is 0.875. The molecule has 0 bridgehead atoms. The minimum absolute atomic E-state index is 0.0416. The first-order chi connectivity index (χ1) is 10.1. The second-order valence-corrected chi connectivity index (χ2v) is 5.02. The summed E-state index contributed by atoms with van der Waals surface area (Å²) in [5, 5.41) is 3.06. The number of carbonyl (C=O) groups is 1. The van der Waals surface area contributed by atoms with Gasteiger partial charge in [-0.3, -0.25) is 4.79 Å². The Labute approximate surface area is 131 Å². The number of nitrogens with one attached hydrogen (secondary N) is 1. The molecule has 0 saturated heterocycles. The highest BCUT2D eigenvalue weighted by Crippen LogP contribution is 2.23. The molecule has 21 heavy (non-hydrogen) atoms. The molecule has 1 N–H and O–H groups in total. The third-order valence-electron chi connectivity index (χ3n) is 2.63. The number of hydrogen-bond acceptors (Lipinski definition) is 2. The molecule has 6 heteroatoms. The molecule has 0 heterocycles. The van der Waals surface area contributed by atoms with Gasteiger partial charge in [-0.25, -0.2) is 4.39 Å². The lowest BCUT2D eigenvalue weighted by Gasteiger charge is -2.08. The van der Waals surface area contributed by atoms with Gasteiger partial charge in [0.2, 0.25) is 5.91 Å². The van der Waals surface area contributed by atoms with Gasteiger partial charge in [0.25, 0.3) is 0 Å². The van der Waals surface area contributed by atoms with Crippen LogP contribution >= 0.6 is 23.2 Å². The van der Waals surface area contributed by atoms with Crippen molar-refractivity contribution in [2.24, 2.45) is 0 Å². The van der Waals surface area contributed by atoms with Crippen LogP contribution in [0.1, 0.15) is 6.42 Å². The molecular formula is C15H12Cl2FNO2. The predicted octanol–water partition coefficient (Wildman–Crippen LogP) is 4.54. The number of anilines is 1. The van der Waals surface area contributed by atoms with Gasteiger partial charge in [-0.2, -0.15) is 0 Å². The lowest BCUT2D eigenvalue weighted by atomic mass is 10.3.